The number of nitrogens with one attached hydrogen (secondary N) is 1. The van der Waals surface area contributed by atoms with Gasteiger partial charge in [0, 0.05) is 38.7 Å². The van der Waals surface area contributed by atoms with Crippen molar-refractivity contribution in [2.24, 2.45) is 10.9 Å². The number of rotatable bonds is 7. The first kappa shape index (κ1) is 21.0. The van der Waals surface area contributed by atoms with Gasteiger partial charge in [0.1, 0.15) is 5.75 Å². The summed E-state index contributed by atoms with van der Waals surface area (Å²) in [6, 6.07) is 7.39. The first-order valence-corrected chi connectivity index (χ1v) is 8.61. The molecule has 24 heavy (non-hydrogen) atoms. The topological polar surface area (TPSA) is 57.1 Å². The summed E-state index contributed by atoms with van der Waals surface area (Å²) in [6.45, 7) is 9.41. The van der Waals surface area contributed by atoms with Crippen LogP contribution in [0.15, 0.2) is 29.3 Å². The number of likely N-dealkylation sites (tertiary alicyclic amines) is 1. The van der Waals surface area contributed by atoms with E-state index >= 15 is 0 Å². The Balaban J connectivity index is 0.00000288. The van der Waals surface area contributed by atoms with Crippen molar-refractivity contribution in [1.82, 2.24) is 10.2 Å². The number of guanidine groups is 1. The van der Waals surface area contributed by atoms with E-state index in [0.29, 0.717) is 11.7 Å². The Labute approximate surface area is 162 Å². The van der Waals surface area contributed by atoms with Crippen LogP contribution in [0.4, 0.5) is 0 Å². The number of aromatic hydroxyl groups is 1. The van der Waals surface area contributed by atoms with Crippen LogP contribution in [0.2, 0.25) is 0 Å². The van der Waals surface area contributed by atoms with Gasteiger partial charge in [-0.3, -0.25) is 4.99 Å². The van der Waals surface area contributed by atoms with Crippen molar-refractivity contribution in [3.05, 3.63) is 29.8 Å². The van der Waals surface area contributed by atoms with Crippen molar-refractivity contribution >= 4 is 29.9 Å². The summed E-state index contributed by atoms with van der Waals surface area (Å²) in [5.74, 6) is 1.91. The van der Waals surface area contributed by atoms with E-state index in [4.69, 9.17) is 9.73 Å². The van der Waals surface area contributed by atoms with E-state index in [-0.39, 0.29) is 24.0 Å². The normalized spacial score (nSPS) is 17.7. The van der Waals surface area contributed by atoms with Gasteiger partial charge in [0.05, 0.1) is 6.61 Å². The molecule has 1 fully saturated rings. The average Bonchev–Trinajstić information content (AvgIpc) is 3.01. The van der Waals surface area contributed by atoms with Gasteiger partial charge in [-0.25, -0.2) is 0 Å². The van der Waals surface area contributed by atoms with E-state index in [1.807, 2.05) is 19.1 Å². The third-order valence-electron chi connectivity index (χ3n) is 4.05. The molecule has 1 saturated heterocycles. The molecule has 2 rings (SSSR count). The third kappa shape index (κ3) is 6.84. The minimum absolute atomic E-state index is 0. The first-order chi connectivity index (χ1) is 11.2. The largest absolute Gasteiger partial charge is 0.508 e. The zero-order valence-corrected chi connectivity index (χ0v) is 17.0. The van der Waals surface area contributed by atoms with Crippen molar-refractivity contribution in [2.45, 2.75) is 26.7 Å². The molecule has 0 aromatic heterocycles. The van der Waals surface area contributed by atoms with Crippen molar-refractivity contribution in [1.29, 1.82) is 0 Å². The summed E-state index contributed by atoms with van der Waals surface area (Å²) in [7, 11) is 0. The monoisotopic (exact) mass is 447 g/mol. The quantitative estimate of drug-likeness (QED) is 0.384. The van der Waals surface area contributed by atoms with Crippen molar-refractivity contribution in [3.8, 4) is 5.75 Å². The Morgan fingerprint density at radius 2 is 2.25 bits per heavy atom. The minimum atomic E-state index is 0. The van der Waals surface area contributed by atoms with Crippen LogP contribution >= 0.6 is 24.0 Å². The lowest BCUT2D eigenvalue weighted by Gasteiger charge is -2.21. The molecule has 0 radical (unpaired) electrons. The molecule has 0 bridgehead atoms. The number of hydrogen-bond donors (Lipinski definition) is 2. The van der Waals surface area contributed by atoms with Crippen LogP contribution in [-0.2, 0) is 11.2 Å². The number of benzene rings is 1. The zero-order valence-electron chi connectivity index (χ0n) is 14.7. The lowest BCUT2D eigenvalue weighted by Crippen LogP contribution is -2.40. The second-order valence-electron chi connectivity index (χ2n) is 5.92. The summed E-state index contributed by atoms with van der Waals surface area (Å²) >= 11 is 0. The average molecular weight is 447 g/mol. The zero-order chi connectivity index (χ0) is 16.5. The van der Waals surface area contributed by atoms with E-state index in [1.54, 1.807) is 12.1 Å². The highest BCUT2D eigenvalue weighted by molar-refractivity contribution is 14.0. The van der Waals surface area contributed by atoms with E-state index in [2.05, 4.69) is 17.1 Å². The Kier molecular flexibility index (Phi) is 10.1. The summed E-state index contributed by atoms with van der Waals surface area (Å²) < 4.78 is 5.55. The molecule has 1 aliphatic heterocycles. The van der Waals surface area contributed by atoms with E-state index in [0.717, 1.165) is 63.8 Å². The minimum Gasteiger partial charge on any atom is -0.508 e. The van der Waals surface area contributed by atoms with E-state index < -0.39 is 0 Å². The highest BCUT2D eigenvalue weighted by Crippen LogP contribution is 2.17. The smallest absolute Gasteiger partial charge is 0.193 e. The Bertz CT molecular complexity index is 511. The van der Waals surface area contributed by atoms with Gasteiger partial charge >= 0.3 is 0 Å². The third-order valence-corrected chi connectivity index (χ3v) is 4.05. The van der Waals surface area contributed by atoms with Crippen molar-refractivity contribution < 1.29 is 9.84 Å². The fourth-order valence-electron chi connectivity index (χ4n) is 2.87. The van der Waals surface area contributed by atoms with Crippen molar-refractivity contribution in [2.75, 3.05) is 39.4 Å². The number of halogens is 1. The van der Waals surface area contributed by atoms with Gasteiger partial charge in [-0.05, 0) is 44.4 Å². The van der Waals surface area contributed by atoms with Crippen LogP contribution in [0.1, 0.15) is 25.8 Å². The fourth-order valence-corrected chi connectivity index (χ4v) is 2.87. The molecular formula is C18H30IN3O2. The van der Waals surface area contributed by atoms with Gasteiger partial charge < -0.3 is 20.1 Å². The number of hydrogen-bond acceptors (Lipinski definition) is 3. The first-order valence-electron chi connectivity index (χ1n) is 8.61. The molecule has 6 heteroatoms. The van der Waals surface area contributed by atoms with Gasteiger partial charge in [0.25, 0.3) is 0 Å². The lowest BCUT2D eigenvalue weighted by molar-refractivity contribution is 0.114. The van der Waals surface area contributed by atoms with Crippen LogP contribution in [0.3, 0.4) is 0 Å². The summed E-state index contributed by atoms with van der Waals surface area (Å²) in [6.07, 6.45) is 2.00. The molecule has 1 atom stereocenters. The second-order valence-corrected chi connectivity index (χ2v) is 5.92. The predicted molar refractivity (Wildman–Crippen MR) is 109 cm³/mol. The molecule has 1 aliphatic rings. The summed E-state index contributed by atoms with van der Waals surface area (Å²) in [4.78, 5) is 7.07. The maximum Gasteiger partial charge on any atom is 0.193 e. The van der Waals surface area contributed by atoms with Crippen LogP contribution < -0.4 is 5.32 Å². The van der Waals surface area contributed by atoms with Gasteiger partial charge in [0.2, 0.25) is 0 Å². The summed E-state index contributed by atoms with van der Waals surface area (Å²) in [5, 5.41) is 12.9. The van der Waals surface area contributed by atoms with Crippen LogP contribution in [0, 0.1) is 5.92 Å². The Hall–Kier alpha value is -1.02. The molecule has 1 unspecified atom stereocenters. The summed E-state index contributed by atoms with van der Waals surface area (Å²) in [5.41, 5.74) is 1.11. The molecule has 0 saturated carbocycles. The molecule has 5 nitrogen and oxygen atoms in total. The molecule has 0 spiro atoms. The molecule has 136 valence electrons. The molecule has 1 heterocycles. The molecular weight excluding hydrogens is 417 g/mol. The molecule has 1 aromatic carbocycles. The molecule has 1 aromatic rings. The molecule has 0 amide bonds. The van der Waals surface area contributed by atoms with Crippen LogP contribution in [0.5, 0.6) is 5.75 Å². The molecule has 0 aliphatic carbocycles. The van der Waals surface area contributed by atoms with Gasteiger partial charge in [-0.1, -0.05) is 12.1 Å². The second kappa shape index (κ2) is 11.5. The highest BCUT2D eigenvalue weighted by atomic mass is 127. The van der Waals surface area contributed by atoms with Gasteiger partial charge in [-0.2, -0.15) is 0 Å². The number of ether oxygens (including phenoxy) is 1. The maximum atomic E-state index is 9.51. The standard InChI is InChI=1S/C18H29N3O2.HI/c1-3-19-18(21-11-9-16(13-21)14-23-4-2)20-10-8-15-6-5-7-17(22)12-15;/h5-7,12,16,22H,3-4,8-11,13-14H2,1-2H3,(H,19,20);1H. The van der Waals surface area contributed by atoms with Crippen molar-refractivity contribution in [3.63, 3.8) is 0 Å². The van der Waals surface area contributed by atoms with Gasteiger partial charge in [-0.15, -0.1) is 24.0 Å². The Morgan fingerprint density at radius 3 is 2.96 bits per heavy atom. The molecule has 2 N–H and O–H groups in total. The number of phenolic OH excluding ortho intramolecular Hbond substituents is 1. The van der Waals surface area contributed by atoms with Gasteiger partial charge in [0.15, 0.2) is 5.96 Å². The van der Waals surface area contributed by atoms with Crippen LogP contribution in [0.25, 0.3) is 0 Å². The predicted octanol–water partition coefficient (Wildman–Crippen LogP) is 2.88. The lowest BCUT2D eigenvalue weighted by atomic mass is 10.1. The number of aliphatic imine (C=N–C) groups is 1. The number of phenols is 1. The van der Waals surface area contributed by atoms with E-state index in [9.17, 15) is 5.11 Å². The number of nitrogens with zero attached hydrogens (tertiary/aromatic N) is 2. The SMILES string of the molecule is CCNC(=NCCc1cccc(O)c1)N1CCC(COCC)C1.I. The Morgan fingerprint density at radius 1 is 1.42 bits per heavy atom. The fraction of sp³-hybridized carbons (Fsp3) is 0.611. The van der Waals surface area contributed by atoms with Crippen LogP contribution in [-0.4, -0.2) is 55.4 Å². The van der Waals surface area contributed by atoms with E-state index in [1.165, 1.54) is 0 Å². The highest BCUT2D eigenvalue weighted by Gasteiger charge is 2.24. The maximum absolute atomic E-state index is 9.51.